The lowest BCUT2D eigenvalue weighted by molar-refractivity contribution is 0.163. The fraction of sp³-hybridized carbons (Fsp3) is 0.500. The second kappa shape index (κ2) is 19.2. The molecule has 2 N–H and O–H groups in total. The Bertz CT molecular complexity index is 534. The Balaban J connectivity index is 3.98. The normalized spacial score (nSPS) is 13.7. The molecular weight excluding hydrogens is 358 g/mol. The van der Waals surface area contributed by atoms with Crippen LogP contribution in [0.25, 0.3) is 0 Å². The lowest BCUT2D eigenvalue weighted by Crippen LogP contribution is -2.21. The number of allylic oxidation sites excluding steroid dienone is 7. The minimum Gasteiger partial charge on any atom is -0.376 e. The number of amidine groups is 1. The van der Waals surface area contributed by atoms with Crippen LogP contribution in [0.2, 0.25) is 0 Å². The number of rotatable bonds is 15. The van der Waals surface area contributed by atoms with Crippen LogP contribution in [0.5, 0.6) is 0 Å². The molecule has 0 unspecified atom stereocenters. The highest BCUT2D eigenvalue weighted by atomic mass is 35.5. The molecule has 0 spiro atoms. The molecule has 0 saturated carbocycles. The summed E-state index contributed by atoms with van der Waals surface area (Å²) >= 11 is 6.23. The van der Waals surface area contributed by atoms with Gasteiger partial charge >= 0.3 is 0 Å². The van der Waals surface area contributed by atoms with Crippen LogP contribution in [0, 0.1) is 0 Å². The molecule has 0 aromatic carbocycles. The summed E-state index contributed by atoms with van der Waals surface area (Å²) in [7, 11) is 0. The van der Waals surface area contributed by atoms with Crippen molar-refractivity contribution in [3.05, 3.63) is 60.0 Å². The molecule has 0 heterocycles. The van der Waals surface area contributed by atoms with Gasteiger partial charge in [-0.15, -0.1) is 0 Å². The van der Waals surface area contributed by atoms with Gasteiger partial charge in [0.05, 0.1) is 23.9 Å². The average Bonchev–Trinajstić information content (AvgIpc) is 2.65. The number of unbranched alkanes of at least 4 members (excludes halogenated alkanes) is 2. The fourth-order valence-corrected chi connectivity index (χ4v) is 2.16. The Morgan fingerprint density at radius 3 is 2.70 bits per heavy atom. The summed E-state index contributed by atoms with van der Waals surface area (Å²) < 4.78 is 5.53. The molecule has 0 bridgehead atoms. The van der Waals surface area contributed by atoms with E-state index in [9.17, 15) is 0 Å². The van der Waals surface area contributed by atoms with Crippen molar-refractivity contribution >= 4 is 17.4 Å². The summed E-state index contributed by atoms with van der Waals surface area (Å²) in [6, 6.07) is 0. The molecule has 0 aliphatic carbocycles. The summed E-state index contributed by atoms with van der Waals surface area (Å²) in [5, 5.41) is 7.11. The molecule has 27 heavy (non-hydrogen) atoms. The summed E-state index contributed by atoms with van der Waals surface area (Å²) in [5.41, 5.74) is 0.768. The third kappa shape index (κ3) is 17.5. The molecule has 0 rings (SSSR count). The Morgan fingerprint density at radius 1 is 1.15 bits per heavy atom. The highest BCUT2D eigenvalue weighted by Gasteiger charge is 1.95. The van der Waals surface area contributed by atoms with E-state index in [1.165, 1.54) is 19.3 Å². The van der Waals surface area contributed by atoms with Crippen LogP contribution in [-0.2, 0) is 4.74 Å². The lowest BCUT2D eigenvalue weighted by atomic mass is 10.2. The average molecular weight is 394 g/mol. The first kappa shape index (κ1) is 25.4. The molecule has 0 aromatic heterocycles. The van der Waals surface area contributed by atoms with Gasteiger partial charge in [0.25, 0.3) is 0 Å². The van der Waals surface area contributed by atoms with Crippen LogP contribution in [0.1, 0.15) is 46.5 Å². The zero-order valence-electron chi connectivity index (χ0n) is 17.1. The van der Waals surface area contributed by atoms with Crippen molar-refractivity contribution in [3.63, 3.8) is 0 Å². The quantitative estimate of drug-likeness (QED) is 0.168. The highest BCUT2D eigenvalue weighted by Crippen LogP contribution is 2.12. The topological polar surface area (TPSA) is 45.7 Å². The Labute approximate surface area is 170 Å². The number of hydrogen-bond acceptors (Lipinski definition) is 3. The van der Waals surface area contributed by atoms with Gasteiger partial charge in [-0.2, -0.15) is 0 Å². The molecule has 4 nitrogen and oxygen atoms in total. The van der Waals surface area contributed by atoms with Crippen molar-refractivity contribution in [1.29, 1.82) is 0 Å². The third-order valence-electron chi connectivity index (χ3n) is 3.49. The molecule has 152 valence electrons. The fourth-order valence-electron chi connectivity index (χ4n) is 2.03. The van der Waals surface area contributed by atoms with E-state index in [0.29, 0.717) is 11.6 Å². The van der Waals surface area contributed by atoms with E-state index in [2.05, 4.69) is 29.1 Å². The number of nitrogens with one attached hydrogen (secondary N) is 2. The predicted octanol–water partition coefficient (Wildman–Crippen LogP) is 5.46. The summed E-state index contributed by atoms with van der Waals surface area (Å²) in [6.07, 6.45) is 17.9. The zero-order valence-corrected chi connectivity index (χ0v) is 17.9. The monoisotopic (exact) mass is 393 g/mol. The molecule has 0 radical (unpaired) electrons. The van der Waals surface area contributed by atoms with Crippen LogP contribution in [0.3, 0.4) is 0 Å². The standard InChI is InChI=1S/C22H36ClN3O/c1-5-7-9-10-11-14-22(23)20(3)26-21(4)25-16-13-18-27-19-17-24-15-12-8-6-2/h5,7,9,11,13-14,16,24H,1,6,8,10,12,15,17-19H2,2-4H3,(H,25,26)/b9-7+,14-11?,16-13+,22-20-. The van der Waals surface area contributed by atoms with Gasteiger partial charge in [-0.25, -0.2) is 4.99 Å². The molecule has 0 atom stereocenters. The maximum absolute atomic E-state index is 6.23. The van der Waals surface area contributed by atoms with Crippen molar-refractivity contribution in [1.82, 2.24) is 10.6 Å². The Kier molecular flexibility index (Phi) is 18.0. The molecule has 0 fully saturated rings. The zero-order chi connectivity index (χ0) is 20.2. The lowest BCUT2D eigenvalue weighted by Gasteiger charge is -2.04. The molecule has 0 saturated heterocycles. The van der Waals surface area contributed by atoms with E-state index in [1.54, 1.807) is 6.08 Å². The van der Waals surface area contributed by atoms with E-state index in [1.807, 2.05) is 50.4 Å². The Morgan fingerprint density at radius 2 is 1.96 bits per heavy atom. The second-order valence-corrected chi connectivity index (χ2v) is 6.42. The summed E-state index contributed by atoms with van der Waals surface area (Å²) in [4.78, 5) is 4.44. The number of aliphatic imine (C=N–C) groups is 1. The van der Waals surface area contributed by atoms with Gasteiger partial charge in [0.2, 0.25) is 0 Å². The molecule has 0 aromatic rings. The third-order valence-corrected chi connectivity index (χ3v) is 3.89. The predicted molar refractivity (Wildman–Crippen MR) is 120 cm³/mol. The van der Waals surface area contributed by atoms with E-state index in [-0.39, 0.29) is 0 Å². The van der Waals surface area contributed by atoms with Gasteiger partial charge in [-0.05, 0) is 45.4 Å². The first-order chi connectivity index (χ1) is 13.1. The first-order valence-electron chi connectivity index (χ1n) is 9.67. The van der Waals surface area contributed by atoms with Gasteiger partial charge in [0, 0.05) is 12.7 Å². The van der Waals surface area contributed by atoms with Gasteiger partial charge in [-0.3, -0.25) is 0 Å². The molecule has 0 aliphatic heterocycles. The molecule has 5 heteroatoms. The van der Waals surface area contributed by atoms with Crippen LogP contribution in [0.15, 0.2) is 65.0 Å². The number of nitrogens with zero attached hydrogens (tertiary/aromatic N) is 1. The number of ether oxygens (including phenoxy) is 1. The van der Waals surface area contributed by atoms with Crippen LogP contribution in [0.4, 0.5) is 0 Å². The maximum atomic E-state index is 6.23. The van der Waals surface area contributed by atoms with Gasteiger partial charge < -0.3 is 15.4 Å². The smallest absolute Gasteiger partial charge is 0.103 e. The van der Waals surface area contributed by atoms with Crippen LogP contribution < -0.4 is 10.6 Å². The second-order valence-electron chi connectivity index (χ2n) is 6.01. The summed E-state index contributed by atoms with van der Waals surface area (Å²) in [5.74, 6) is 0.777. The number of hydrogen-bond donors (Lipinski definition) is 2. The van der Waals surface area contributed by atoms with Crippen molar-refractivity contribution in [2.24, 2.45) is 4.99 Å². The largest absolute Gasteiger partial charge is 0.376 e. The van der Waals surface area contributed by atoms with E-state index >= 15 is 0 Å². The van der Waals surface area contributed by atoms with Crippen molar-refractivity contribution in [2.45, 2.75) is 46.5 Å². The highest BCUT2D eigenvalue weighted by molar-refractivity contribution is 6.31. The van der Waals surface area contributed by atoms with Crippen LogP contribution >= 0.6 is 11.6 Å². The summed E-state index contributed by atoms with van der Waals surface area (Å²) in [6.45, 7) is 12.9. The van der Waals surface area contributed by atoms with E-state index in [0.717, 1.165) is 37.6 Å². The van der Waals surface area contributed by atoms with Gasteiger partial charge in [0.15, 0.2) is 0 Å². The van der Waals surface area contributed by atoms with Gasteiger partial charge in [-0.1, -0.05) is 62.2 Å². The van der Waals surface area contributed by atoms with Crippen molar-refractivity contribution < 1.29 is 4.74 Å². The van der Waals surface area contributed by atoms with Crippen LogP contribution in [-0.4, -0.2) is 32.1 Å². The molecule has 0 amide bonds. The SMILES string of the molecule is C=C/C=C/CC=C/C(Cl)=C(C)/N=C(\C)N/C=C/COCCNCCCCC. The van der Waals surface area contributed by atoms with E-state index in [4.69, 9.17) is 16.3 Å². The molecular formula is C22H36ClN3O. The van der Waals surface area contributed by atoms with E-state index < -0.39 is 0 Å². The first-order valence-corrected chi connectivity index (χ1v) is 10.0. The minimum absolute atomic E-state index is 0.577. The van der Waals surface area contributed by atoms with Crippen molar-refractivity contribution in [2.75, 3.05) is 26.3 Å². The maximum Gasteiger partial charge on any atom is 0.103 e. The Hall–Kier alpha value is -1.62. The molecule has 0 aliphatic rings. The number of halogens is 1. The van der Waals surface area contributed by atoms with Crippen molar-refractivity contribution in [3.8, 4) is 0 Å². The minimum atomic E-state index is 0.577. The van der Waals surface area contributed by atoms with Gasteiger partial charge in [0.1, 0.15) is 5.84 Å².